The predicted octanol–water partition coefficient (Wildman–Crippen LogP) is 6.13. The van der Waals surface area contributed by atoms with Crippen molar-refractivity contribution in [3.8, 4) is 0 Å². The van der Waals surface area contributed by atoms with Crippen molar-refractivity contribution in [3.05, 3.63) is 99.3 Å². The summed E-state index contributed by atoms with van der Waals surface area (Å²) in [6, 6.07) is 17.2. The van der Waals surface area contributed by atoms with E-state index in [1.807, 2.05) is 25.1 Å². The Labute approximate surface area is 200 Å². The smallest absolute Gasteiger partial charge is 0.301 e. The summed E-state index contributed by atoms with van der Waals surface area (Å²) in [6.07, 6.45) is 0. The van der Waals surface area contributed by atoms with Gasteiger partial charge in [0.25, 0.3) is 5.78 Å². The van der Waals surface area contributed by atoms with Crippen LogP contribution in [0.4, 0.5) is 9.52 Å². The van der Waals surface area contributed by atoms with Crippen molar-refractivity contribution in [1.82, 2.24) is 4.98 Å². The minimum Gasteiger partial charge on any atom is -0.507 e. The van der Waals surface area contributed by atoms with Crippen LogP contribution in [0.15, 0.2) is 76.8 Å². The third-order valence-corrected chi connectivity index (χ3v) is 7.03. The van der Waals surface area contributed by atoms with Gasteiger partial charge in [0.15, 0.2) is 5.13 Å². The molecule has 0 saturated carbocycles. The first-order valence-corrected chi connectivity index (χ1v) is 11.6. The molecule has 4 aromatic rings. The molecule has 1 aliphatic heterocycles. The van der Waals surface area contributed by atoms with Crippen LogP contribution < -0.4 is 4.90 Å². The molecule has 1 fully saturated rings. The molecule has 1 unspecified atom stereocenters. The number of aromatic nitrogens is 1. The summed E-state index contributed by atoms with van der Waals surface area (Å²) in [6.45, 7) is 1.97. The molecule has 164 valence electrons. The number of nitrogens with zero attached hydrogens (tertiary/aromatic N) is 2. The number of hydrogen-bond donors (Lipinski definition) is 1. The summed E-state index contributed by atoms with van der Waals surface area (Å²) in [5, 5.41) is 11.4. The number of aliphatic hydroxyl groups is 1. The highest BCUT2D eigenvalue weighted by Crippen LogP contribution is 2.44. The van der Waals surface area contributed by atoms with Gasteiger partial charge in [-0.05, 0) is 66.6 Å². The lowest BCUT2D eigenvalue weighted by Gasteiger charge is -2.23. The molecule has 1 saturated heterocycles. The van der Waals surface area contributed by atoms with Gasteiger partial charge in [-0.3, -0.25) is 14.5 Å². The first kappa shape index (κ1) is 21.5. The number of anilines is 1. The zero-order valence-corrected chi connectivity index (χ0v) is 19.7. The van der Waals surface area contributed by atoms with Gasteiger partial charge in [-0.25, -0.2) is 9.37 Å². The Hall–Kier alpha value is -3.36. The van der Waals surface area contributed by atoms with Gasteiger partial charge in [-0.15, -0.1) is 0 Å². The minimum atomic E-state index is -0.884. The number of benzene rings is 3. The summed E-state index contributed by atoms with van der Waals surface area (Å²) >= 11 is 4.71. The highest BCUT2D eigenvalue weighted by Gasteiger charge is 2.48. The molecule has 0 spiro atoms. The molecule has 1 amide bonds. The summed E-state index contributed by atoms with van der Waals surface area (Å²) in [5.41, 5.74) is 2.59. The molecule has 0 bridgehead atoms. The number of Topliss-reactive ketones (excluding diaryl/α,β-unsaturated/α-hetero) is 1. The number of thiazole rings is 1. The number of carbonyl (C=O) groups is 2. The molecule has 1 N–H and O–H groups in total. The van der Waals surface area contributed by atoms with Gasteiger partial charge >= 0.3 is 5.91 Å². The maximum Gasteiger partial charge on any atom is 0.301 e. The Balaban J connectivity index is 1.73. The predicted molar refractivity (Wildman–Crippen MR) is 130 cm³/mol. The minimum absolute atomic E-state index is 0.0654. The summed E-state index contributed by atoms with van der Waals surface area (Å²) in [4.78, 5) is 32.3. The van der Waals surface area contributed by atoms with E-state index in [4.69, 9.17) is 0 Å². The van der Waals surface area contributed by atoms with Crippen molar-refractivity contribution in [2.45, 2.75) is 13.0 Å². The quantitative estimate of drug-likeness (QED) is 0.199. The van der Waals surface area contributed by atoms with Gasteiger partial charge in [-0.1, -0.05) is 45.5 Å². The van der Waals surface area contributed by atoms with Crippen LogP contribution in [0.3, 0.4) is 0 Å². The van der Waals surface area contributed by atoms with Gasteiger partial charge in [-0.2, -0.15) is 0 Å². The van der Waals surface area contributed by atoms with E-state index in [9.17, 15) is 19.1 Å². The number of amides is 1. The third-order valence-electron chi connectivity index (χ3n) is 5.49. The molecule has 1 aliphatic rings. The van der Waals surface area contributed by atoms with Crippen molar-refractivity contribution in [2.75, 3.05) is 4.90 Å². The van der Waals surface area contributed by atoms with Crippen molar-refractivity contribution in [2.24, 2.45) is 0 Å². The van der Waals surface area contributed by atoms with Gasteiger partial charge in [0.1, 0.15) is 11.6 Å². The number of carbonyl (C=O) groups excluding carboxylic acids is 2. The van der Waals surface area contributed by atoms with Crippen LogP contribution in [0.2, 0.25) is 0 Å². The number of hydrogen-bond acceptors (Lipinski definition) is 5. The SMILES string of the molecule is Cc1ccc2nc(N3C(=O)C(=O)C(=C(O)c4ccc(F)cc4)C3c3ccc(Br)cc3)sc2c1. The van der Waals surface area contributed by atoms with E-state index in [2.05, 4.69) is 20.9 Å². The highest BCUT2D eigenvalue weighted by molar-refractivity contribution is 9.10. The van der Waals surface area contributed by atoms with E-state index in [-0.39, 0.29) is 16.9 Å². The van der Waals surface area contributed by atoms with Crippen molar-refractivity contribution < 1.29 is 19.1 Å². The van der Waals surface area contributed by atoms with Crippen LogP contribution in [-0.4, -0.2) is 21.8 Å². The molecule has 5 rings (SSSR count). The second kappa shape index (κ2) is 8.20. The molecule has 8 heteroatoms. The highest BCUT2D eigenvalue weighted by atomic mass is 79.9. The average Bonchev–Trinajstić information content (AvgIpc) is 3.32. The molecule has 2 heterocycles. The molecule has 0 radical (unpaired) electrons. The summed E-state index contributed by atoms with van der Waals surface area (Å²) < 4.78 is 15.1. The summed E-state index contributed by atoms with van der Waals surface area (Å²) in [7, 11) is 0. The van der Waals surface area contributed by atoms with E-state index in [0.29, 0.717) is 10.7 Å². The molecule has 1 aromatic heterocycles. The van der Waals surface area contributed by atoms with Crippen molar-refractivity contribution in [3.63, 3.8) is 0 Å². The van der Waals surface area contributed by atoms with Crippen molar-refractivity contribution in [1.29, 1.82) is 0 Å². The van der Waals surface area contributed by atoms with Gasteiger partial charge in [0, 0.05) is 10.0 Å². The lowest BCUT2D eigenvalue weighted by atomic mass is 9.95. The molecular formula is C25H16BrFN2O3S. The molecule has 0 aliphatic carbocycles. The number of ketones is 1. The third kappa shape index (κ3) is 3.75. The van der Waals surface area contributed by atoms with Gasteiger partial charge in [0.05, 0.1) is 21.8 Å². The maximum absolute atomic E-state index is 13.4. The molecule has 33 heavy (non-hydrogen) atoms. The van der Waals surface area contributed by atoms with Crippen LogP contribution >= 0.6 is 27.3 Å². The Kier molecular flexibility index (Phi) is 5.34. The zero-order valence-electron chi connectivity index (χ0n) is 17.3. The Morgan fingerprint density at radius 2 is 1.76 bits per heavy atom. The van der Waals surface area contributed by atoms with Gasteiger partial charge in [0.2, 0.25) is 0 Å². The van der Waals surface area contributed by atoms with Crippen LogP contribution in [0, 0.1) is 12.7 Å². The first-order valence-electron chi connectivity index (χ1n) is 10.0. The largest absolute Gasteiger partial charge is 0.507 e. The number of fused-ring (bicyclic) bond motifs is 1. The lowest BCUT2D eigenvalue weighted by molar-refractivity contribution is -0.132. The number of aryl methyl sites for hydroxylation is 1. The van der Waals surface area contributed by atoms with E-state index < -0.39 is 23.5 Å². The Bertz CT molecular complexity index is 1450. The molecule has 5 nitrogen and oxygen atoms in total. The normalized spacial score (nSPS) is 17.8. The number of aliphatic hydroxyl groups excluding tert-OH is 1. The fourth-order valence-corrected chi connectivity index (χ4v) is 5.23. The standard InChI is InChI=1S/C25H16BrFN2O3S/c1-13-2-11-18-19(12-13)33-25(28-18)29-21(14-3-7-16(26)8-4-14)20(23(31)24(29)32)22(30)15-5-9-17(27)10-6-15/h2-12,21,30H,1H3. The number of halogens is 2. The molecule has 3 aromatic carbocycles. The summed E-state index contributed by atoms with van der Waals surface area (Å²) in [5.74, 6) is -2.43. The van der Waals surface area contributed by atoms with Crippen LogP contribution in [-0.2, 0) is 9.59 Å². The molecule has 1 atom stereocenters. The molecular weight excluding hydrogens is 507 g/mol. The van der Waals surface area contributed by atoms with E-state index in [1.54, 1.807) is 24.3 Å². The van der Waals surface area contributed by atoms with Gasteiger partial charge < -0.3 is 5.11 Å². The van der Waals surface area contributed by atoms with Crippen LogP contribution in [0.5, 0.6) is 0 Å². The first-order chi connectivity index (χ1) is 15.8. The number of rotatable bonds is 3. The van der Waals surface area contributed by atoms with E-state index in [0.717, 1.165) is 20.3 Å². The fourth-order valence-electron chi connectivity index (χ4n) is 3.88. The van der Waals surface area contributed by atoms with Crippen LogP contribution in [0.25, 0.3) is 16.0 Å². The van der Waals surface area contributed by atoms with E-state index >= 15 is 0 Å². The maximum atomic E-state index is 13.4. The van der Waals surface area contributed by atoms with E-state index in [1.165, 1.54) is 40.5 Å². The van der Waals surface area contributed by atoms with Crippen LogP contribution in [0.1, 0.15) is 22.7 Å². The Morgan fingerprint density at radius 3 is 2.45 bits per heavy atom. The second-order valence-electron chi connectivity index (χ2n) is 7.70. The average molecular weight is 523 g/mol. The zero-order chi connectivity index (χ0) is 23.3. The van der Waals surface area contributed by atoms with Crippen molar-refractivity contribution >= 4 is 60.1 Å². The monoisotopic (exact) mass is 522 g/mol. The topological polar surface area (TPSA) is 70.5 Å². The fraction of sp³-hybridized carbons (Fsp3) is 0.0800. The lowest BCUT2D eigenvalue weighted by Crippen LogP contribution is -2.29. The second-order valence-corrected chi connectivity index (χ2v) is 9.62. The Morgan fingerprint density at radius 1 is 1.06 bits per heavy atom.